The van der Waals surface area contributed by atoms with Crippen LogP contribution < -0.4 is 0 Å². The minimum absolute atomic E-state index is 0.0978. The van der Waals surface area contributed by atoms with Crippen LogP contribution in [0.4, 0.5) is 0 Å². The molecule has 434 valence electrons. The molecule has 0 aliphatic carbocycles. The van der Waals surface area contributed by atoms with Crippen molar-refractivity contribution in [1.29, 1.82) is 0 Å². The highest BCUT2D eigenvalue weighted by molar-refractivity contribution is 5.71. The molecule has 0 heterocycles. The molecule has 6 heteroatoms. The molecule has 77 heavy (non-hydrogen) atoms. The van der Waals surface area contributed by atoms with Gasteiger partial charge in [-0.25, -0.2) is 0 Å². The summed E-state index contributed by atoms with van der Waals surface area (Å²) in [4.78, 5) is 38.1. The van der Waals surface area contributed by atoms with E-state index in [0.717, 1.165) is 135 Å². The number of carbonyl (C=O) groups excluding carboxylic acids is 3. The van der Waals surface area contributed by atoms with Crippen LogP contribution in [0.15, 0.2) is 146 Å². The number of hydrogen-bond acceptors (Lipinski definition) is 6. The third-order valence-corrected chi connectivity index (χ3v) is 12.8. The SMILES string of the molecule is CC/C=C\C/C=C\C/C=C\C/C=C\C/C=C\C/C=C\C/C=C\C/C=C\CCCCCCCCCCCCC(=O)OCC(COC(=O)CCCCCCCCCCC)OC(=O)CCCC/C=C\C/C=C\C/C=C\C/C=C\CC. The fourth-order valence-electron chi connectivity index (χ4n) is 8.21. The van der Waals surface area contributed by atoms with E-state index < -0.39 is 6.10 Å². The third kappa shape index (κ3) is 62.0. The normalized spacial score (nSPS) is 13.1. The lowest BCUT2D eigenvalue weighted by molar-refractivity contribution is -0.167. The predicted octanol–water partition coefficient (Wildman–Crippen LogP) is 21.5. The van der Waals surface area contributed by atoms with E-state index in [0.29, 0.717) is 19.3 Å². The number of ether oxygens (including phenoxy) is 3. The van der Waals surface area contributed by atoms with Crippen LogP contribution in [0.3, 0.4) is 0 Å². The summed E-state index contributed by atoms with van der Waals surface area (Å²) in [5, 5.41) is 0. The Balaban J connectivity index is 4.19. The highest BCUT2D eigenvalue weighted by Crippen LogP contribution is 2.15. The first-order chi connectivity index (χ1) is 38.0. The van der Waals surface area contributed by atoms with Gasteiger partial charge in [0, 0.05) is 19.3 Å². The van der Waals surface area contributed by atoms with Crippen LogP contribution in [-0.2, 0) is 28.6 Å². The van der Waals surface area contributed by atoms with Crippen molar-refractivity contribution in [3.8, 4) is 0 Å². The quantitative estimate of drug-likeness (QED) is 0.0261. The van der Waals surface area contributed by atoms with Crippen molar-refractivity contribution in [1.82, 2.24) is 0 Å². The van der Waals surface area contributed by atoms with Crippen molar-refractivity contribution in [2.45, 2.75) is 271 Å². The highest BCUT2D eigenvalue weighted by atomic mass is 16.6. The summed E-state index contributed by atoms with van der Waals surface area (Å²) in [6.07, 6.45) is 91.6. The Hall–Kier alpha value is -4.71. The number of unbranched alkanes of at least 4 members (excludes halogenated alkanes) is 20. The van der Waals surface area contributed by atoms with E-state index in [9.17, 15) is 14.4 Å². The maximum atomic E-state index is 12.8. The number of hydrogen-bond donors (Lipinski definition) is 0. The fraction of sp³-hybridized carbons (Fsp3) is 0.620. The topological polar surface area (TPSA) is 78.9 Å². The Morgan fingerprint density at radius 2 is 0.506 bits per heavy atom. The van der Waals surface area contributed by atoms with E-state index >= 15 is 0 Å². The molecule has 0 saturated carbocycles. The van der Waals surface area contributed by atoms with Gasteiger partial charge in [-0.1, -0.05) is 269 Å². The van der Waals surface area contributed by atoms with E-state index in [1.54, 1.807) is 0 Å². The van der Waals surface area contributed by atoms with Crippen LogP contribution in [0, 0.1) is 0 Å². The molecule has 1 atom stereocenters. The van der Waals surface area contributed by atoms with Crippen molar-refractivity contribution in [2.24, 2.45) is 0 Å². The van der Waals surface area contributed by atoms with E-state index in [2.05, 4.69) is 167 Å². The van der Waals surface area contributed by atoms with Gasteiger partial charge < -0.3 is 14.2 Å². The highest BCUT2D eigenvalue weighted by Gasteiger charge is 2.19. The molecule has 0 N–H and O–H groups in total. The molecule has 0 aliphatic heterocycles. The van der Waals surface area contributed by atoms with Gasteiger partial charge in [0.1, 0.15) is 13.2 Å². The van der Waals surface area contributed by atoms with Crippen LogP contribution in [0.1, 0.15) is 265 Å². The summed E-state index contributed by atoms with van der Waals surface area (Å²) in [5.41, 5.74) is 0. The summed E-state index contributed by atoms with van der Waals surface area (Å²) >= 11 is 0. The van der Waals surface area contributed by atoms with Gasteiger partial charge in [0.25, 0.3) is 0 Å². The molecule has 0 radical (unpaired) electrons. The fourth-order valence-corrected chi connectivity index (χ4v) is 8.21. The second kappa shape index (κ2) is 63.8. The average Bonchev–Trinajstić information content (AvgIpc) is 3.43. The van der Waals surface area contributed by atoms with Crippen LogP contribution in [0.25, 0.3) is 0 Å². The smallest absolute Gasteiger partial charge is 0.306 e. The maximum absolute atomic E-state index is 12.8. The number of allylic oxidation sites excluding steroid dienone is 24. The van der Waals surface area contributed by atoms with E-state index in [4.69, 9.17) is 14.2 Å². The predicted molar refractivity (Wildman–Crippen MR) is 334 cm³/mol. The molecule has 0 saturated heterocycles. The van der Waals surface area contributed by atoms with Gasteiger partial charge in [0.05, 0.1) is 0 Å². The molecule has 1 unspecified atom stereocenters. The van der Waals surface area contributed by atoms with Gasteiger partial charge in [-0.2, -0.15) is 0 Å². The molecule has 6 nitrogen and oxygen atoms in total. The molecule has 0 bridgehead atoms. The summed E-state index contributed by atoms with van der Waals surface area (Å²) in [7, 11) is 0. The van der Waals surface area contributed by atoms with Gasteiger partial charge in [-0.05, 0) is 122 Å². The second-order valence-electron chi connectivity index (χ2n) is 20.2. The molecular formula is C71H114O6. The molecule has 0 fully saturated rings. The monoisotopic (exact) mass is 1060 g/mol. The van der Waals surface area contributed by atoms with Crippen molar-refractivity contribution < 1.29 is 28.6 Å². The molecule has 0 aliphatic rings. The van der Waals surface area contributed by atoms with Crippen LogP contribution in [-0.4, -0.2) is 37.2 Å². The molecule has 0 aromatic carbocycles. The zero-order chi connectivity index (χ0) is 55.7. The lowest BCUT2D eigenvalue weighted by atomic mass is 10.1. The molecule has 0 aromatic rings. The number of carbonyl (C=O) groups is 3. The molecule has 0 amide bonds. The lowest BCUT2D eigenvalue weighted by Gasteiger charge is -2.18. The zero-order valence-electron chi connectivity index (χ0n) is 49.7. The molecular weight excluding hydrogens is 949 g/mol. The van der Waals surface area contributed by atoms with Gasteiger partial charge in [-0.15, -0.1) is 0 Å². The Labute approximate surface area is 474 Å². The van der Waals surface area contributed by atoms with Crippen LogP contribution in [0.2, 0.25) is 0 Å². The van der Waals surface area contributed by atoms with Crippen LogP contribution >= 0.6 is 0 Å². The van der Waals surface area contributed by atoms with Crippen molar-refractivity contribution in [2.75, 3.05) is 13.2 Å². The Morgan fingerprint density at radius 1 is 0.273 bits per heavy atom. The first-order valence-corrected chi connectivity index (χ1v) is 31.3. The number of esters is 3. The third-order valence-electron chi connectivity index (χ3n) is 12.8. The minimum Gasteiger partial charge on any atom is -0.462 e. The maximum Gasteiger partial charge on any atom is 0.306 e. The summed E-state index contributed by atoms with van der Waals surface area (Å²) in [6.45, 7) is 6.35. The second-order valence-corrected chi connectivity index (χ2v) is 20.2. The zero-order valence-corrected chi connectivity index (χ0v) is 49.7. The molecule has 0 spiro atoms. The van der Waals surface area contributed by atoms with Crippen molar-refractivity contribution in [3.63, 3.8) is 0 Å². The van der Waals surface area contributed by atoms with Gasteiger partial charge in [0.15, 0.2) is 6.10 Å². The largest absolute Gasteiger partial charge is 0.462 e. The Morgan fingerprint density at radius 3 is 0.818 bits per heavy atom. The molecule has 0 aromatic heterocycles. The van der Waals surface area contributed by atoms with E-state index in [1.807, 2.05) is 0 Å². The summed E-state index contributed by atoms with van der Waals surface area (Å²) in [6, 6.07) is 0. The molecule has 0 rings (SSSR count). The lowest BCUT2D eigenvalue weighted by Crippen LogP contribution is -2.30. The summed E-state index contributed by atoms with van der Waals surface area (Å²) in [5.74, 6) is -0.950. The van der Waals surface area contributed by atoms with E-state index in [1.165, 1.54) is 83.5 Å². The standard InChI is InChI=1S/C71H114O6/c1-4-7-10-13-16-19-21-23-25-26-27-28-29-30-31-32-33-34-35-36-37-38-39-40-41-42-43-44-46-47-49-52-55-58-61-64-70(73)76-67-68(66-75-69(72)63-60-57-54-51-18-15-12-9-6-3)77-71(74)65-62-59-56-53-50-48-45-24-22-20-17-14-11-8-5-2/h7-8,10-11,16-17,19-20,23-25,27-28,30-31,33-34,36-37,39-40,45,50,53,68H,4-6,9,12-15,18,21-22,26,29,32,35,38,41-44,46-49,51-52,54-67H2,1-3H3/b10-7-,11-8-,19-16-,20-17-,25-23-,28-27-,31-30-,34-33-,37-36-,40-39-,45-24-,53-50-. The van der Waals surface area contributed by atoms with Gasteiger partial charge in [0.2, 0.25) is 0 Å². The Bertz CT molecular complexity index is 1700. The van der Waals surface area contributed by atoms with Gasteiger partial charge >= 0.3 is 17.9 Å². The van der Waals surface area contributed by atoms with Crippen LogP contribution in [0.5, 0.6) is 0 Å². The minimum atomic E-state index is -0.803. The Kier molecular flexibility index (Phi) is 59.9. The van der Waals surface area contributed by atoms with Crippen molar-refractivity contribution >= 4 is 17.9 Å². The van der Waals surface area contributed by atoms with Crippen molar-refractivity contribution in [3.05, 3.63) is 146 Å². The number of rotatable bonds is 55. The average molecular weight is 1060 g/mol. The first-order valence-electron chi connectivity index (χ1n) is 31.3. The summed E-state index contributed by atoms with van der Waals surface area (Å²) < 4.78 is 16.8. The first kappa shape index (κ1) is 72.3. The van der Waals surface area contributed by atoms with E-state index in [-0.39, 0.29) is 37.5 Å². The van der Waals surface area contributed by atoms with Gasteiger partial charge in [-0.3, -0.25) is 14.4 Å².